The minimum atomic E-state index is -0.00831. The Labute approximate surface area is 126 Å². The third-order valence-electron chi connectivity index (χ3n) is 3.51. The van der Waals surface area contributed by atoms with E-state index in [9.17, 15) is 9.59 Å². The van der Waals surface area contributed by atoms with Crippen molar-refractivity contribution in [1.29, 1.82) is 0 Å². The molecular formula is C16H23N3O2. The lowest BCUT2D eigenvalue weighted by molar-refractivity contribution is -0.134. The fourth-order valence-electron chi connectivity index (χ4n) is 2.40. The molecule has 1 saturated heterocycles. The molecule has 0 N–H and O–H groups in total. The van der Waals surface area contributed by atoms with Gasteiger partial charge in [-0.25, -0.2) is 0 Å². The number of piperazine rings is 1. The Kier molecular flexibility index (Phi) is 4.60. The number of aromatic nitrogens is 1. The number of hydrogen-bond donors (Lipinski definition) is 0. The topological polar surface area (TPSA) is 53.5 Å². The molecule has 2 amide bonds. The highest BCUT2D eigenvalue weighted by molar-refractivity contribution is 5.94. The van der Waals surface area contributed by atoms with E-state index in [0.29, 0.717) is 38.2 Å². The highest BCUT2D eigenvalue weighted by atomic mass is 16.2. The second-order valence-corrected chi connectivity index (χ2v) is 6.65. The van der Waals surface area contributed by atoms with Crippen LogP contribution >= 0.6 is 0 Å². The standard InChI is InChI=1S/C16H23N3O2/c1-16(2,3)11-14(20)18-7-9-19(10-8-18)15(21)13-5-4-6-17-12-13/h4-6,12H,7-11H2,1-3H3. The number of carbonyl (C=O) groups is 2. The lowest BCUT2D eigenvalue weighted by atomic mass is 9.91. The van der Waals surface area contributed by atoms with Gasteiger partial charge in [0.1, 0.15) is 0 Å². The van der Waals surface area contributed by atoms with E-state index < -0.39 is 0 Å². The second-order valence-electron chi connectivity index (χ2n) is 6.65. The van der Waals surface area contributed by atoms with Crippen LogP contribution in [-0.4, -0.2) is 52.8 Å². The molecular weight excluding hydrogens is 266 g/mol. The van der Waals surface area contributed by atoms with Gasteiger partial charge in [0.25, 0.3) is 5.91 Å². The van der Waals surface area contributed by atoms with Crippen molar-refractivity contribution in [1.82, 2.24) is 14.8 Å². The summed E-state index contributed by atoms with van der Waals surface area (Å²) in [6.45, 7) is 8.59. The van der Waals surface area contributed by atoms with Crippen LogP contribution in [0.4, 0.5) is 0 Å². The minimum absolute atomic E-state index is 0.000253. The molecule has 0 unspecified atom stereocenters. The summed E-state index contributed by atoms with van der Waals surface area (Å²) in [5.74, 6) is 0.169. The molecule has 2 heterocycles. The van der Waals surface area contributed by atoms with Crippen LogP contribution < -0.4 is 0 Å². The predicted molar refractivity (Wildman–Crippen MR) is 80.8 cm³/mol. The van der Waals surface area contributed by atoms with Gasteiger partial charge in [-0.2, -0.15) is 0 Å². The molecule has 1 aliphatic heterocycles. The highest BCUT2D eigenvalue weighted by Crippen LogP contribution is 2.20. The Morgan fingerprint density at radius 3 is 2.29 bits per heavy atom. The first-order valence-electron chi connectivity index (χ1n) is 7.34. The fourth-order valence-corrected chi connectivity index (χ4v) is 2.40. The van der Waals surface area contributed by atoms with Crippen molar-refractivity contribution >= 4 is 11.8 Å². The van der Waals surface area contributed by atoms with Gasteiger partial charge in [-0.3, -0.25) is 14.6 Å². The van der Waals surface area contributed by atoms with E-state index in [2.05, 4.69) is 25.8 Å². The van der Waals surface area contributed by atoms with E-state index in [0.717, 1.165) is 0 Å². The highest BCUT2D eigenvalue weighted by Gasteiger charge is 2.27. The Morgan fingerprint density at radius 1 is 1.14 bits per heavy atom. The average Bonchev–Trinajstić information content (AvgIpc) is 2.46. The summed E-state index contributed by atoms with van der Waals surface area (Å²) in [5.41, 5.74) is 0.603. The zero-order valence-electron chi connectivity index (χ0n) is 13.0. The zero-order chi connectivity index (χ0) is 15.5. The SMILES string of the molecule is CC(C)(C)CC(=O)N1CCN(C(=O)c2cccnc2)CC1. The summed E-state index contributed by atoms with van der Waals surface area (Å²) in [6.07, 6.45) is 3.78. The lowest BCUT2D eigenvalue weighted by Crippen LogP contribution is -2.51. The molecule has 21 heavy (non-hydrogen) atoms. The summed E-state index contributed by atoms with van der Waals surface area (Å²) in [7, 11) is 0. The molecule has 0 bridgehead atoms. The van der Waals surface area contributed by atoms with Crippen molar-refractivity contribution in [3.8, 4) is 0 Å². The first-order valence-corrected chi connectivity index (χ1v) is 7.34. The van der Waals surface area contributed by atoms with Crippen molar-refractivity contribution in [2.45, 2.75) is 27.2 Å². The Balaban J connectivity index is 1.89. The van der Waals surface area contributed by atoms with E-state index in [1.807, 2.05) is 4.90 Å². The van der Waals surface area contributed by atoms with Crippen LogP contribution in [0.3, 0.4) is 0 Å². The Bertz CT molecular complexity index is 500. The summed E-state index contributed by atoms with van der Waals surface area (Å²) in [5, 5.41) is 0. The van der Waals surface area contributed by atoms with Crippen molar-refractivity contribution in [2.75, 3.05) is 26.2 Å². The number of nitrogens with zero attached hydrogens (tertiary/aromatic N) is 3. The number of amides is 2. The van der Waals surface area contributed by atoms with Gasteiger partial charge in [-0.05, 0) is 17.5 Å². The van der Waals surface area contributed by atoms with Crippen LogP contribution in [0.15, 0.2) is 24.5 Å². The van der Waals surface area contributed by atoms with Crippen molar-refractivity contribution in [3.05, 3.63) is 30.1 Å². The zero-order valence-corrected chi connectivity index (χ0v) is 13.0. The fraction of sp³-hybridized carbons (Fsp3) is 0.562. The van der Waals surface area contributed by atoms with Gasteiger partial charge in [-0.15, -0.1) is 0 Å². The van der Waals surface area contributed by atoms with E-state index in [1.165, 1.54) is 0 Å². The molecule has 1 aliphatic rings. The van der Waals surface area contributed by atoms with E-state index in [-0.39, 0.29) is 17.2 Å². The smallest absolute Gasteiger partial charge is 0.255 e. The Morgan fingerprint density at radius 2 is 1.76 bits per heavy atom. The molecule has 0 atom stereocenters. The monoisotopic (exact) mass is 289 g/mol. The normalized spacial score (nSPS) is 16.0. The molecule has 5 heteroatoms. The van der Waals surface area contributed by atoms with Gasteiger partial charge in [0, 0.05) is 45.0 Å². The van der Waals surface area contributed by atoms with Gasteiger partial charge in [0.2, 0.25) is 5.91 Å². The summed E-state index contributed by atoms with van der Waals surface area (Å²) < 4.78 is 0. The molecule has 0 aliphatic carbocycles. The largest absolute Gasteiger partial charge is 0.339 e. The maximum atomic E-state index is 12.3. The van der Waals surface area contributed by atoms with Crippen LogP contribution in [0.1, 0.15) is 37.6 Å². The molecule has 1 fully saturated rings. The van der Waals surface area contributed by atoms with Gasteiger partial charge in [0.15, 0.2) is 0 Å². The summed E-state index contributed by atoms with van der Waals surface area (Å²) >= 11 is 0. The summed E-state index contributed by atoms with van der Waals surface area (Å²) in [4.78, 5) is 32.1. The van der Waals surface area contributed by atoms with Crippen molar-refractivity contribution in [2.24, 2.45) is 5.41 Å². The Hall–Kier alpha value is -1.91. The first-order chi connectivity index (χ1) is 9.87. The first kappa shape index (κ1) is 15.5. The molecule has 2 rings (SSSR count). The molecule has 0 spiro atoms. The maximum absolute atomic E-state index is 12.3. The molecule has 0 saturated carbocycles. The minimum Gasteiger partial charge on any atom is -0.339 e. The lowest BCUT2D eigenvalue weighted by Gasteiger charge is -2.36. The van der Waals surface area contributed by atoms with Crippen molar-refractivity contribution in [3.63, 3.8) is 0 Å². The van der Waals surface area contributed by atoms with Gasteiger partial charge < -0.3 is 9.80 Å². The third kappa shape index (κ3) is 4.28. The van der Waals surface area contributed by atoms with Crippen LogP contribution in [-0.2, 0) is 4.79 Å². The molecule has 1 aromatic rings. The maximum Gasteiger partial charge on any atom is 0.255 e. The summed E-state index contributed by atoms with van der Waals surface area (Å²) in [6, 6.07) is 3.53. The van der Waals surface area contributed by atoms with Crippen LogP contribution in [0.2, 0.25) is 0 Å². The van der Waals surface area contributed by atoms with E-state index in [4.69, 9.17) is 0 Å². The molecule has 1 aromatic heterocycles. The van der Waals surface area contributed by atoms with Crippen LogP contribution in [0.25, 0.3) is 0 Å². The predicted octanol–water partition coefficient (Wildman–Crippen LogP) is 1.80. The molecule has 0 radical (unpaired) electrons. The number of pyridine rings is 1. The quantitative estimate of drug-likeness (QED) is 0.834. The van der Waals surface area contributed by atoms with Gasteiger partial charge >= 0.3 is 0 Å². The number of rotatable bonds is 2. The molecule has 5 nitrogen and oxygen atoms in total. The molecule has 0 aromatic carbocycles. The van der Waals surface area contributed by atoms with Crippen LogP contribution in [0, 0.1) is 5.41 Å². The second kappa shape index (κ2) is 6.24. The molecule has 114 valence electrons. The van der Waals surface area contributed by atoms with E-state index in [1.54, 1.807) is 29.4 Å². The average molecular weight is 289 g/mol. The number of hydrogen-bond acceptors (Lipinski definition) is 3. The third-order valence-corrected chi connectivity index (χ3v) is 3.51. The van der Waals surface area contributed by atoms with E-state index >= 15 is 0 Å². The van der Waals surface area contributed by atoms with Gasteiger partial charge in [0.05, 0.1) is 5.56 Å². The van der Waals surface area contributed by atoms with Crippen LogP contribution in [0.5, 0.6) is 0 Å². The van der Waals surface area contributed by atoms with Gasteiger partial charge in [-0.1, -0.05) is 20.8 Å². The van der Waals surface area contributed by atoms with Crippen molar-refractivity contribution < 1.29 is 9.59 Å². The number of carbonyl (C=O) groups excluding carboxylic acids is 2.